The zero-order chi connectivity index (χ0) is 8.27. The average molecular weight is 176 g/mol. The molecule has 0 aliphatic carbocycles. The molecule has 0 spiro atoms. The highest BCUT2D eigenvalue weighted by molar-refractivity contribution is 4.71. The van der Waals surface area contributed by atoms with Crippen LogP contribution in [0.4, 0.5) is 0 Å². The van der Waals surface area contributed by atoms with Crippen molar-refractivity contribution in [1.82, 2.24) is 5.01 Å². The second kappa shape index (κ2) is 4.76. The van der Waals surface area contributed by atoms with Crippen molar-refractivity contribution in [2.24, 2.45) is 5.28 Å². The summed E-state index contributed by atoms with van der Waals surface area (Å²) in [6.07, 6.45) is 1.56. The number of rotatable bonds is 2. The first-order chi connectivity index (χ1) is 5.29. The van der Waals surface area contributed by atoms with Gasteiger partial charge in [-0.2, -0.15) is 0 Å². The van der Waals surface area contributed by atoms with Crippen molar-refractivity contribution in [2.45, 2.75) is 26.3 Å². The van der Waals surface area contributed by atoms with Gasteiger partial charge in [-0.25, -0.2) is 0 Å². The summed E-state index contributed by atoms with van der Waals surface area (Å²) >= 11 is 0. The quantitative estimate of drug-likeness (QED) is 0.376. The first-order valence-corrected chi connectivity index (χ1v) is 3.47. The van der Waals surface area contributed by atoms with Crippen molar-refractivity contribution in [3.8, 4) is 0 Å². The van der Waals surface area contributed by atoms with Gasteiger partial charge in [-0.3, -0.25) is 0 Å². The summed E-state index contributed by atoms with van der Waals surface area (Å²) < 4.78 is 0. The van der Waals surface area contributed by atoms with E-state index >= 15 is 0 Å². The summed E-state index contributed by atoms with van der Waals surface area (Å²) in [7, 11) is 0. The van der Waals surface area contributed by atoms with Crippen molar-refractivity contribution in [2.75, 3.05) is 13.2 Å². The van der Waals surface area contributed by atoms with Crippen LogP contribution in [0.3, 0.4) is 0 Å². The fourth-order valence-electron chi connectivity index (χ4n) is 1.28. The van der Waals surface area contributed by atoms with E-state index in [1.54, 1.807) is 0 Å². The number of hydrogen-bond acceptors (Lipinski definition) is 4. The summed E-state index contributed by atoms with van der Waals surface area (Å²) in [6.45, 7) is 0.398. The zero-order valence-corrected chi connectivity index (χ0v) is 6.01. The highest BCUT2D eigenvalue weighted by Crippen LogP contribution is 2.16. The molecule has 6 nitrogen and oxygen atoms in total. The van der Waals surface area contributed by atoms with Crippen LogP contribution in [0.15, 0.2) is 5.28 Å². The van der Waals surface area contributed by atoms with Gasteiger partial charge in [0.1, 0.15) is 6.04 Å². The van der Waals surface area contributed by atoms with Crippen LogP contribution in [-0.2, 0) is 0 Å². The molecular weight excluding hydrogens is 162 g/mol. The molecule has 0 aromatic rings. The molecule has 1 unspecified atom stereocenters. The Kier molecular flexibility index (Phi) is 4.35. The molecule has 1 saturated heterocycles. The maximum absolute atomic E-state index is 10.6. The van der Waals surface area contributed by atoms with E-state index in [1.807, 2.05) is 0 Å². The Morgan fingerprint density at radius 2 is 2.33 bits per heavy atom. The summed E-state index contributed by atoms with van der Waals surface area (Å²) in [5, 5.41) is 32.6. The Morgan fingerprint density at radius 3 is 2.83 bits per heavy atom. The van der Waals surface area contributed by atoms with Gasteiger partial charge in [0.2, 0.25) is 0 Å². The fourth-order valence-corrected chi connectivity index (χ4v) is 1.28. The van der Waals surface area contributed by atoms with Gasteiger partial charge in [-0.1, -0.05) is 7.43 Å². The normalized spacial score (nSPS) is 23.9. The third-order valence-corrected chi connectivity index (χ3v) is 1.85. The lowest BCUT2D eigenvalue weighted by Gasteiger charge is -2.18. The van der Waals surface area contributed by atoms with Crippen molar-refractivity contribution < 1.29 is 10.1 Å². The topological polar surface area (TPSA) is 85.0 Å². The minimum absolute atomic E-state index is 0. The molecule has 1 aliphatic heterocycles. The minimum atomic E-state index is -0.231. The lowest BCUT2D eigenvalue weighted by molar-refractivity contribution is -0.694. The standard InChI is InChI=1S/C5H11N3O3.CH4/c9-4-5-2-1-3-7(5)8(11)6-10;/h5,9-10H,1-4H2;1H4/p-1/b8-6-;. The van der Waals surface area contributed by atoms with Gasteiger partial charge in [-0.15, -0.1) is 5.01 Å². The third-order valence-electron chi connectivity index (χ3n) is 1.85. The molecule has 0 radical (unpaired) electrons. The lowest BCUT2D eigenvalue weighted by Crippen LogP contribution is -2.37. The van der Waals surface area contributed by atoms with Crippen LogP contribution < -0.4 is 0 Å². The van der Waals surface area contributed by atoms with Crippen LogP contribution in [0.25, 0.3) is 0 Å². The Hall–Kier alpha value is -1.04. The average Bonchev–Trinajstić information content (AvgIpc) is 2.50. The predicted octanol–water partition coefficient (Wildman–Crippen LogP) is 0.455. The fraction of sp³-hybridized carbons (Fsp3) is 1.00. The van der Waals surface area contributed by atoms with E-state index in [9.17, 15) is 10.4 Å². The summed E-state index contributed by atoms with van der Waals surface area (Å²) in [4.78, 5) is 0.00782. The maximum Gasteiger partial charge on any atom is 0.111 e. The van der Waals surface area contributed by atoms with Crippen LogP contribution in [0, 0.1) is 10.4 Å². The van der Waals surface area contributed by atoms with E-state index in [0.717, 1.165) is 12.8 Å². The molecule has 1 N–H and O–H groups in total. The Bertz CT molecular complexity index is 162. The monoisotopic (exact) mass is 176 g/mol. The molecule has 12 heavy (non-hydrogen) atoms. The van der Waals surface area contributed by atoms with Crippen LogP contribution in [-0.4, -0.2) is 34.3 Å². The Balaban J connectivity index is 0.00000121. The van der Waals surface area contributed by atoms with Gasteiger partial charge in [-0.05, 0) is 18.1 Å². The molecule has 1 heterocycles. The summed E-state index contributed by atoms with van der Waals surface area (Å²) in [6, 6.07) is -0.231. The summed E-state index contributed by atoms with van der Waals surface area (Å²) in [5.74, 6) is 0. The SMILES string of the molecule is C.[O-]/N=[N+](\[O-])N1CCCC1CO. The summed E-state index contributed by atoms with van der Waals surface area (Å²) in [5.41, 5.74) is 0. The first kappa shape index (κ1) is 11.0. The third kappa shape index (κ3) is 1.97. The van der Waals surface area contributed by atoms with Crippen LogP contribution >= 0.6 is 0 Å². The number of aliphatic hydroxyl groups is 1. The van der Waals surface area contributed by atoms with Crippen molar-refractivity contribution >= 4 is 0 Å². The van der Waals surface area contributed by atoms with E-state index < -0.39 is 0 Å². The highest BCUT2D eigenvalue weighted by atomic mass is 16.6. The van der Waals surface area contributed by atoms with Crippen molar-refractivity contribution in [3.05, 3.63) is 10.4 Å². The van der Waals surface area contributed by atoms with Gasteiger partial charge in [0.15, 0.2) is 0 Å². The molecule has 1 fully saturated rings. The number of nitrogens with zero attached hydrogens (tertiary/aromatic N) is 3. The molecule has 1 rings (SSSR count). The first-order valence-electron chi connectivity index (χ1n) is 3.47. The molecule has 0 aromatic carbocycles. The molecular formula is C6H14N3O3-. The van der Waals surface area contributed by atoms with E-state index in [-0.39, 0.29) is 25.0 Å². The van der Waals surface area contributed by atoms with E-state index in [4.69, 9.17) is 5.11 Å². The predicted molar refractivity (Wildman–Crippen MR) is 43.0 cm³/mol. The van der Waals surface area contributed by atoms with E-state index in [1.165, 1.54) is 5.01 Å². The van der Waals surface area contributed by atoms with Crippen LogP contribution in [0.2, 0.25) is 0 Å². The van der Waals surface area contributed by atoms with Gasteiger partial charge in [0.25, 0.3) is 0 Å². The number of hydrazine groups is 1. The van der Waals surface area contributed by atoms with Crippen molar-refractivity contribution in [3.63, 3.8) is 0 Å². The lowest BCUT2D eigenvalue weighted by atomic mass is 10.2. The van der Waals surface area contributed by atoms with Crippen LogP contribution in [0.1, 0.15) is 20.3 Å². The molecule has 0 aromatic heterocycles. The molecule has 0 amide bonds. The molecule has 1 aliphatic rings. The smallest absolute Gasteiger partial charge is 0.111 e. The number of hydrogen-bond donors (Lipinski definition) is 1. The second-order valence-electron chi connectivity index (χ2n) is 2.48. The molecule has 0 bridgehead atoms. The van der Waals surface area contributed by atoms with Gasteiger partial charge < -0.3 is 15.5 Å². The molecule has 1 atom stereocenters. The molecule has 0 saturated carbocycles. The Labute approximate surface area is 71.2 Å². The van der Waals surface area contributed by atoms with Gasteiger partial charge >= 0.3 is 0 Å². The number of aliphatic hydroxyl groups excluding tert-OH is 1. The zero-order valence-electron chi connectivity index (χ0n) is 6.01. The molecule has 6 heteroatoms. The molecule has 72 valence electrons. The van der Waals surface area contributed by atoms with Gasteiger partial charge in [0, 0.05) is 4.97 Å². The Morgan fingerprint density at radius 1 is 1.67 bits per heavy atom. The van der Waals surface area contributed by atoms with Crippen LogP contribution in [0.5, 0.6) is 0 Å². The maximum atomic E-state index is 10.6. The van der Waals surface area contributed by atoms with Crippen molar-refractivity contribution in [1.29, 1.82) is 0 Å². The van der Waals surface area contributed by atoms with E-state index in [2.05, 4.69) is 5.28 Å². The second-order valence-corrected chi connectivity index (χ2v) is 2.48. The largest absolute Gasteiger partial charge is 0.737 e. The minimum Gasteiger partial charge on any atom is -0.737 e. The van der Waals surface area contributed by atoms with E-state index in [0.29, 0.717) is 6.54 Å². The highest BCUT2D eigenvalue weighted by Gasteiger charge is 2.29. The van der Waals surface area contributed by atoms with Gasteiger partial charge in [0.05, 0.1) is 13.2 Å².